The Kier molecular flexibility index (Phi) is 7.29. The summed E-state index contributed by atoms with van der Waals surface area (Å²) in [5.41, 5.74) is 1.30. The summed E-state index contributed by atoms with van der Waals surface area (Å²) in [5, 5.41) is 0. The first-order valence-corrected chi connectivity index (χ1v) is 7.54. The molecular formula is C16H18BrFO3. The molecule has 0 saturated carbocycles. The fourth-order valence-electron chi connectivity index (χ4n) is 2.08. The van der Waals surface area contributed by atoms with Crippen LogP contribution in [0.2, 0.25) is 0 Å². The van der Waals surface area contributed by atoms with Crippen LogP contribution in [0.1, 0.15) is 48.5 Å². The van der Waals surface area contributed by atoms with E-state index in [-0.39, 0.29) is 5.56 Å². The zero-order chi connectivity index (χ0) is 15.8. The smallest absolute Gasteiger partial charge is 0.341 e. The number of methoxy groups -OCH3 is 1. The third kappa shape index (κ3) is 4.77. The minimum Gasteiger partial charge on any atom is -0.465 e. The van der Waals surface area contributed by atoms with Gasteiger partial charge in [0.2, 0.25) is 0 Å². The number of allylic oxidation sites excluding steroid dienone is 2. The molecule has 0 amide bonds. The predicted octanol–water partition coefficient (Wildman–Crippen LogP) is 4.54. The summed E-state index contributed by atoms with van der Waals surface area (Å²) in [7, 11) is 1.23. The third-order valence-corrected chi connectivity index (χ3v) is 3.44. The molecule has 21 heavy (non-hydrogen) atoms. The Morgan fingerprint density at radius 1 is 1.38 bits per heavy atom. The summed E-state index contributed by atoms with van der Waals surface area (Å²) in [6, 6.07) is 2.95. The summed E-state index contributed by atoms with van der Waals surface area (Å²) in [4.78, 5) is 22.3. The molecule has 0 aliphatic rings. The SMILES string of the molecule is CCCC(=CCCC=O)c1cc(Br)cc(F)c1C(=O)OC. The first-order valence-electron chi connectivity index (χ1n) is 6.75. The predicted molar refractivity (Wildman–Crippen MR) is 83.6 cm³/mol. The largest absolute Gasteiger partial charge is 0.465 e. The fraction of sp³-hybridized carbons (Fsp3) is 0.375. The minimum absolute atomic E-state index is 0.0634. The van der Waals surface area contributed by atoms with Crippen molar-refractivity contribution in [2.75, 3.05) is 7.11 Å². The van der Waals surface area contributed by atoms with Crippen LogP contribution < -0.4 is 0 Å². The molecule has 0 aromatic heterocycles. The summed E-state index contributed by atoms with van der Waals surface area (Å²) in [5.74, 6) is -1.32. The fourth-order valence-corrected chi connectivity index (χ4v) is 2.51. The number of carbonyl (C=O) groups excluding carboxylic acids is 2. The number of hydrogen-bond acceptors (Lipinski definition) is 3. The van der Waals surface area contributed by atoms with Crippen LogP contribution in [0.4, 0.5) is 4.39 Å². The number of rotatable bonds is 7. The van der Waals surface area contributed by atoms with Gasteiger partial charge in [0.1, 0.15) is 17.7 Å². The number of halogens is 2. The Balaban J connectivity index is 3.37. The Hall–Kier alpha value is -1.49. The van der Waals surface area contributed by atoms with Gasteiger partial charge in [0, 0.05) is 10.9 Å². The van der Waals surface area contributed by atoms with Crippen molar-refractivity contribution >= 4 is 33.8 Å². The molecule has 5 heteroatoms. The van der Waals surface area contributed by atoms with Gasteiger partial charge in [-0.25, -0.2) is 9.18 Å². The van der Waals surface area contributed by atoms with Gasteiger partial charge in [-0.05, 0) is 36.1 Å². The van der Waals surface area contributed by atoms with E-state index >= 15 is 0 Å². The monoisotopic (exact) mass is 356 g/mol. The standard InChI is InChI=1S/C16H18BrFO3/c1-3-6-11(7-4-5-8-19)13-9-12(17)10-14(18)15(13)16(20)21-2/h7-10H,3-6H2,1-2H3. The lowest BCUT2D eigenvalue weighted by atomic mass is 9.94. The number of benzene rings is 1. The van der Waals surface area contributed by atoms with Gasteiger partial charge < -0.3 is 9.53 Å². The number of aldehydes is 1. The Morgan fingerprint density at radius 3 is 2.67 bits per heavy atom. The molecule has 0 saturated heterocycles. The van der Waals surface area contributed by atoms with Crippen molar-refractivity contribution in [2.24, 2.45) is 0 Å². The van der Waals surface area contributed by atoms with Gasteiger partial charge in [-0.3, -0.25) is 0 Å². The zero-order valence-electron chi connectivity index (χ0n) is 12.1. The van der Waals surface area contributed by atoms with Crippen molar-refractivity contribution in [3.05, 3.63) is 39.6 Å². The number of carbonyl (C=O) groups is 2. The Morgan fingerprint density at radius 2 is 2.10 bits per heavy atom. The number of unbranched alkanes of at least 4 members (excludes halogenated alkanes) is 1. The molecule has 1 aromatic rings. The molecule has 114 valence electrons. The van der Waals surface area contributed by atoms with Crippen molar-refractivity contribution in [2.45, 2.75) is 32.6 Å². The zero-order valence-corrected chi connectivity index (χ0v) is 13.7. The maximum atomic E-state index is 14.1. The molecule has 0 fully saturated rings. The third-order valence-electron chi connectivity index (χ3n) is 2.99. The van der Waals surface area contributed by atoms with Gasteiger partial charge in [0.15, 0.2) is 0 Å². The molecule has 0 atom stereocenters. The van der Waals surface area contributed by atoms with Gasteiger partial charge in [-0.1, -0.05) is 35.4 Å². The maximum absolute atomic E-state index is 14.1. The van der Waals surface area contributed by atoms with Crippen LogP contribution in [-0.2, 0) is 9.53 Å². The molecule has 0 aliphatic carbocycles. The van der Waals surface area contributed by atoms with Gasteiger partial charge in [-0.2, -0.15) is 0 Å². The average molecular weight is 357 g/mol. The molecule has 1 aromatic carbocycles. The maximum Gasteiger partial charge on any atom is 0.341 e. The molecule has 0 spiro atoms. The van der Waals surface area contributed by atoms with Crippen LogP contribution in [0, 0.1) is 5.82 Å². The normalized spacial score (nSPS) is 11.3. The summed E-state index contributed by atoms with van der Waals surface area (Å²) >= 11 is 3.24. The molecule has 0 unspecified atom stereocenters. The first kappa shape index (κ1) is 17.6. The number of ether oxygens (including phenoxy) is 1. The molecule has 0 heterocycles. The Labute approximate surface area is 132 Å². The van der Waals surface area contributed by atoms with E-state index in [1.165, 1.54) is 13.2 Å². The molecule has 0 bridgehead atoms. The highest BCUT2D eigenvalue weighted by molar-refractivity contribution is 9.10. The van der Waals surface area contributed by atoms with E-state index in [0.29, 0.717) is 29.3 Å². The molecular weight excluding hydrogens is 339 g/mol. The van der Waals surface area contributed by atoms with Crippen molar-refractivity contribution < 1.29 is 18.7 Å². The molecule has 0 aliphatic heterocycles. The van der Waals surface area contributed by atoms with Gasteiger partial charge in [-0.15, -0.1) is 0 Å². The second-order valence-corrected chi connectivity index (χ2v) is 5.44. The number of hydrogen-bond donors (Lipinski definition) is 0. The van der Waals surface area contributed by atoms with E-state index in [1.54, 1.807) is 6.07 Å². The van der Waals surface area contributed by atoms with E-state index in [4.69, 9.17) is 0 Å². The lowest BCUT2D eigenvalue weighted by molar-refractivity contribution is -0.107. The highest BCUT2D eigenvalue weighted by Crippen LogP contribution is 2.30. The minimum atomic E-state index is -0.701. The van der Waals surface area contributed by atoms with Crippen molar-refractivity contribution in [1.82, 2.24) is 0 Å². The summed E-state index contributed by atoms with van der Waals surface area (Å²) in [6.45, 7) is 2.00. The second kappa shape index (κ2) is 8.72. The average Bonchev–Trinajstić information content (AvgIpc) is 2.45. The van der Waals surface area contributed by atoms with Gasteiger partial charge >= 0.3 is 5.97 Å². The van der Waals surface area contributed by atoms with Crippen LogP contribution in [0.5, 0.6) is 0 Å². The summed E-state index contributed by atoms with van der Waals surface area (Å²) < 4.78 is 19.4. The van der Waals surface area contributed by atoms with E-state index in [9.17, 15) is 14.0 Å². The molecule has 3 nitrogen and oxygen atoms in total. The Bertz CT molecular complexity index is 553. The highest BCUT2D eigenvalue weighted by atomic mass is 79.9. The van der Waals surface area contributed by atoms with Crippen LogP contribution in [0.3, 0.4) is 0 Å². The van der Waals surface area contributed by atoms with Crippen molar-refractivity contribution in [3.8, 4) is 0 Å². The second-order valence-electron chi connectivity index (χ2n) is 4.53. The van der Waals surface area contributed by atoms with Gasteiger partial charge in [0.25, 0.3) is 0 Å². The van der Waals surface area contributed by atoms with E-state index in [1.807, 2.05) is 13.0 Å². The van der Waals surface area contributed by atoms with Crippen LogP contribution in [-0.4, -0.2) is 19.4 Å². The van der Waals surface area contributed by atoms with Crippen LogP contribution in [0.25, 0.3) is 5.57 Å². The van der Waals surface area contributed by atoms with E-state index in [0.717, 1.165) is 18.3 Å². The van der Waals surface area contributed by atoms with Crippen LogP contribution >= 0.6 is 15.9 Å². The van der Waals surface area contributed by atoms with Crippen molar-refractivity contribution in [1.29, 1.82) is 0 Å². The lowest BCUT2D eigenvalue weighted by Crippen LogP contribution is -2.09. The molecule has 0 radical (unpaired) electrons. The van der Waals surface area contributed by atoms with E-state index in [2.05, 4.69) is 20.7 Å². The molecule has 0 N–H and O–H groups in total. The first-order chi connectivity index (χ1) is 10.0. The van der Waals surface area contributed by atoms with Gasteiger partial charge in [0.05, 0.1) is 7.11 Å². The summed E-state index contributed by atoms with van der Waals surface area (Å²) in [6.07, 6.45) is 5.22. The lowest BCUT2D eigenvalue weighted by Gasteiger charge is -2.13. The topological polar surface area (TPSA) is 43.4 Å². The van der Waals surface area contributed by atoms with Crippen molar-refractivity contribution in [3.63, 3.8) is 0 Å². The molecule has 1 rings (SSSR count). The number of esters is 1. The quantitative estimate of drug-likeness (QED) is 0.409. The highest BCUT2D eigenvalue weighted by Gasteiger charge is 2.20. The van der Waals surface area contributed by atoms with Crippen LogP contribution in [0.15, 0.2) is 22.7 Å². The van der Waals surface area contributed by atoms with E-state index < -0.39 is 11.8 Å².